The van der Waals surface area contributed by atoms with E-state index in [1.165, 1.54) is 4.31 Å². The number of thiocarbonyl (C=S) groups is 1. The second kappa shape index (κ2) is 5.56. The van der Waals surface area contributed by atoms with Gasteiger partial charge in [0.1, 0.15) is 0 Å². The molecule has 0 saturated carbocycles. The molecule has 1 aromatic rings. The first-order valence-electron chi connectivity index (χ1n) is 6.27. The van der Waals surface area contributed by atoms with Gasteiger partial charge in [0.15, 0.2) is 0 Å². The van der Waals surface area contributed by atoms with Crippen molar-refractivity contribution in [3.8, 4) is 0 Å². The van der Waals surface area contributed by atoms with Crippen molar-refractivity contribution in [2.24, 2.45) is 11.7 Å². The van der Waals surface area contributed by atoms with Crippen LogP contribution < -0.4 is 5.73 Å². The molecule has 0 radical (unpaired) electrons. The van der Waals surface area contributed by atoms with Gasteiger partial charge in [0.25, 0.3) is 0 Å². The van der Waals surface area contributed by atoms with Gasteiger partial charge in [0, 0.05) is 19.0 Å². The Balaban J connectivity index is 2.16. The smallest absolute Gasteiger partial charge is 0.243 e. The molecule has 2 rings (SSSR count). The van der Waals surface area contributed by atoms with Gasteiger partial charge in [0.2, 0.25) is 10.0 Å². The minimum atomic E-state index is -3.38. The van der Waals surface area contributed by atoms with Crippen LogP contribution in [0.5, 0.6) is 0 Å². The van der Waals surface area contributed by atoms with Crippen LogP contribution in [0.15, 0.2) is 29.2 Å². The largest absolute Gasteiger partial charge is 0.393 e. The number of nitrogens with zero attached hydrogens (tertiary/aromatic N) is 1. The fraction of sp³-hybridized carbons (Fsp3) is 0.462. The number of nitrogens with two attached hydrogens (primary N) is 1. The zero-order valence-corrected chi connectivity index (χ0v) is 12.5. The molecule has 1 aromatic carbocycles. The molecule has 1 aliphatic rings. The van der Waals surface area contributed by atoms with Gasteiger partial charge in [-0.3, -0.25) is 0 Å². The van der Waals surface area contributed by atoms with Crippen molar-refractivity contribution in [1.29, 1.82) is 0 Å². The van der Waals surface area contributed by atoms with Crippen LogP contribution in [0.1, 0.15) is 18.4 Å². The maximum absolute atomic E-state index is 12.5. The molecule has 6 heteroatoms. The van der Waals surface area contributed by atoms with Gasteiger partial charge in [0.05, 0.1) is 9.88 Å². The molecule has 0 aromatic heterocycles. The third-order valence-corrected chi connectivity index (χ3v) is 5.71. The monoisotopic (exact) mass is 298 g/mol. The molecular weight excluding hydrogens is 280 g/mol. The standard InChI is InChI=1S/C13H18N2O2S2/c1-10-3-2-4-12(9-10)19(16,17)15-7-5-11(6-8-15)13(14)18/h2-4,9,11H,5-8H2,1H3,(H2,14,18). The number of hydrogen-bond donors (Lipinski definition) is 1. The van der Waals surface area contributed by atoms with Crippen LogP contribution in [-0.2, 0) is 10.0 Å². The average molecular weight is 298 g/mol. The van der Waals surface area contributed by atoms with Gasteiger partial charge in [-0.2, -0.15) is 4.31 Å². The van der Waals surface area contributed by atoms with Crippen molar-refractivity contribution < 1.29 is 8.42 Å². The third-order valence-electron chi connectivity index (χ3n) is 3.48. The second-order valence-corrected chi connectivity index (χ2v) is 7.31. The van der Waals surface area contributed by atoms with E-state index in [-0.39, 0.29) is 5.92 Å². The molecule has 4 nitrogen and oxygen atoms in total. The Morgan fingerprint density at radius 2 is 2.00 bits per heavy atom. The highest BCUT2D eigenvalue weighted by Gasteiger charge is 2.30. The summed E-state index contributed by atoms with van der Waals surface area (Å²) in [4.78, 5) is 0.855. The van der Waals surface area contributed by atoms with Gasteiger partial charge >= 0.3 is 0 Å². The van der Waals surface area contributed by atoms with Crippen LogP contribution in [0.25, 0.3) is 0 Å². The van der Waals surface area contributed by atoms with Crippen LogP contribution in [0, 0.1) is 12.8 Å². The van der Waals surface area contributed by atoms with Gasteiger partial charge in [-0.15, -0.1) is 0 Å². The lowest BCUT2D eigenvalue weighted by Gasteiger charge is -2.30. The first-order valence-corrected chi connectivity index (χ1v) is 8.12. The first kappa shape index (κ1) is 14.4. The SMILES string of the molecule is Cc1cccc(S(=O)(=O)N2CCC(C(N)=S)CC2)c1. The van der Waals surface area contributed by atoms with E-state index in [4.69, 9.17) is 18.0 Å². The predicted octanol–water partition coefficient (Wildman–Crippen LogP) is 1.68. The van der Waals surface area contributed by atoms with Crippen molar-refractivity contribution in [1.82, 2.24) is 4.31 Å². The number of benzene rings is 1. The minimum absolute atomic E-state index is 0.166. The summed E-state index contributed by atoms with van der Waals surface area (Å²) in [5.74, 6) is 0.166. The van der Waals surface area contributed by atoms with Gasteiger partial charge in [-0.25, -0.2) is 8.42 Å². The maximum Gasteiger partial charge on any atom is 0.243 e. The lowest BCUT2D eigenvalue weighted by molar-refractivity contribution is 0.316. The first-order chi connectivity index (χ1) is 8.91. The van der Waals surface area contributed by atoms with Crippen LogP contribution in [0.3, 0.4) is 0 Å². The quantitative estimate of drug-likeness (QED) is 0.862. The molecule has 0 bridgehead atoms. The van der Waals surface area contributed by atoms with Crippen molar-refractivity contribution in [3.05, 3.63) is 29.8 Å². The fourth-order valence-corrected chi connectivity index (χ4v) is 4.12. The Morgan fingerprint density at radius 1 is 1.37 bits per heavy atom. The second-order valence-electron chi connectivity index (χ2n) is 4.90. The van der Waals surface area contributed by atoms with Crippen LogP contribution in [0.2, 0.25) is 0 Å². The molecule has 19 heavy (non-hydrogen) atoms. The van der Waals surface area contributed by atoms with E-state index < -0.39 is 10.0 Å². The normalized spacial score (nSPS) is 18.4. The number of piperidine rings is 1. The molecule has 0 atom stereocenters. The molecule has 0 spiro atoms. The van der Waals surface area contributed by atoms with Crippen molar-refractivity contribution >= 4 is 27.2 Å². The Hall–Kier alpha value is -0.980. The van der Waals surface area contributed by atoms with Crippen LogP contribution in [0.4, 0.5) is 0 Å². The highest BCUT2D eigenvalue weighted by molar-refractivity contribution is 7.89. The number of aryl methyl sites for hydroxylation is 1. The Morgan fingerprint density at radius 3 is 2.53 bits per heavy atom. The Labute approximate surface area is 119 Å². The summed E-state index contributed by atoms with van der Waals surface area (Å²) in [5, 5.41) is 0. The van der Waals surface area contributed by atoms with Gasteiger partial charge < -0.3 is 5.73 Å². The summed E-state index contributed by atoms with van der Waals surface area (Å²) in [7, 11) is -3.38. The molecule has 1 fully saturated rings. The van der Waals surface area contributed by atoms with Crippen molar-refractivity contribution in [2.75, 3.05) is 13.1 Å². The molecular formula is C13H18N2O2S2. The van der Waals surface area contributed by atoms with E-state index in [0.29, 0.717) is 35.8 Å². The number of rotatable bonds is 3. The van der Waals surface area contributed by atoms with E-state index in [9.17, 15) is 8.42 Å². The molecule has 0 unspecified atom stereocenters. The number of sulfonamides is 1. The molecule has 1 saturated heterocycles. The molecule has 0 aliphatic carbocycles. The summed E-state index contributed by atoms with van der Waals surface area (Å²) < 4.78 is 26.5. The predicted molar refractivity (Wildman–Crippen MR) is 79.4 cm³/mol. The Kier molecular flexibility index (Phi) is 4.23. The molecule has 2 N–H and O–H groups in total. The molecule has 104 valence electrons. The summed E-state index contributed by atoms with van der Waals surface area (Å²) in [6.45, 7) is 2.86. The van der Waals surface area contributed by atoms with Gasteiger partial charge in [-0.05, 0) is 37.5 Å². The topological polar surface area (TPSA) is 63.4 Å². The Bertz CT molecular complexity index is 576. The number of hydrogen-bond acceptors (Lipinski definition) is 3. The highest BCUT2D eigenvalue weighted by atomic mass is 32.2. The van der Waals surface area contributed by atoms with E-state index >= 15 is 0 Å². The highest BCUT2D eigenvalue weighted by Crippen LogP contribution is 2.24. The molecule has 0 amide bonds. The summed E-state index contributed by atoms with van der Waals surface area (Å²) in [6, 6.07) is 7.00. The molecule has 1 aliphatic heterocycles. The van der Waals surface area contributed by atoms with Crippen LogP contribution >= 0.6 is 12.2 Å². The maximum atomic E-state index is 12.5. The zero-order chi connectivity index (χ0) is 14.0. The summed E-state index contributed by atoms with van der Waals surface area (Å²) in [6.07, 6.45) is 1.42. The van der Waals surface area contributed by atoms with Crippen LogP contribution in [-0.4, -0.2) is 30.8 Å². The minimum Gasteiger partial charge on any atom is -0.393 e. The van der Waals surface area contributed by atoms with Gasteiger partial charge in [-0.1, -0.05) is 24.4 Å². The summed E-state index contributed by atoms with van der Waals surface area (Å²) >= 11 is 4.97. The van der Waals surface area contributed by atoms with E-state index in [1.807, 2.05) is 13.0 Å². The third kappa shape index (κ3) is 3.13. The zero-order valence-electron chi connectivity index (χ0n) is 10.9. The van der Waals surface area contributed by atoms with E-state index in [1.54, 1.807) is 18.2 Å². The van der Waals surface area contributed by atoms with E-state index in [2.05, 4.69) is 0 Å². The fourth-order valence-electron chi connectivity index (χ4n) is 2.31. The van der Waals surface area contributed by atoms with E-state index in [0.717, 1.165) is 5.56 Å². The lowest BCUT2D eigenvalue weighted by atomic mass is 9.98. The van der Waals surface area contributed by atoms with Crippen molar-refractivity contribution in [3.63, 3.8) is 0 Å². The summed E-state index contributed by atoms with van der Waals surface area (Å²) in [5.41, 5.74) is 6.56. The average Bonchev–Trinajstić information content (AvgIpc) is 2.39. The lowest BCUT2D eigenvalue weighted by Crippen LogP contribution is -2.41. The van der Waals surface area contributed by atoms with Crippen molar-refractivity contribution in [2.45, 2.75) is 24.7 Å². The molecule has 1 heterocycles.